The van der Waals surface area contributed by atoms with Gasteiger partial charge in [-0.3, -0.25) is 0 Å². The SMILES string of the molecule is CCCCCCCC[C@@H]1CCC[C@@H]1CCCCC=C(OC)C(=O)OC. The van der Waals surface area contributed by atoms with Gasteiger partial charge in [0.1, 0.15) is 0 Å². The van der Waals surface area contributed by atoms with Crippen LogP contribution in [0.5, 0.6) is 0 Å². The average Bonchev–Trinajstić information content (AvgIpc) is 3.07. The fourth-order valence-corrected chi connectivity index (χ4v) is 4.20. The van der Waals surface area contributed by atoms with E-state index in [0.717, 1.165) is 24.7 Å². The van der Waals surface area contributed by atoms with Gasteiger partial charge in [-0.2, -0.15) is 0 Å². The summed E-state index contributed by atoms with van der Waals surface area (Å²) in [4.78, 5) is 11.4. The Labute approximate surface area is 155 Å². The van der Waals surface area contributed by atoms with Crippen molar-refractivity contribution in [1.29, 1.82) is 0 Å². The highest BCUT2D eigenvalue weighted by molar-refractivity contribution is 5.85. The molecular weight excluding hydrogens is 312 g/mol. The highest BCUT2D eigenvalue weighted by Crippen LogP contribution is 2.38. The van der Waals surface area contributed by atoms with Gasteiger partial charge in [0.05, 0.1) is 14.2 Å². The zero-order valence-electron chi connectivity index (χ0n) is 16.9. The van der Waals surface area contributed by atoms with E-state index in [1.807, 2.05) is 6.08 Å². The lowest BCUT2D eigenvalue weighted by atomic mass is 9.87. The minimum atomic E-state index is -0.378. The second-order valence-electron chi connectivity index (χ2n) is 7.56. The minimum absolute atomic E-state index is 0.337. The molecule has 0 aromatic heterocycles. The van der Waals surface area contributed by atoms with Crippen LogP contribution in [0.15, 0.2) is 11.8 Å². The van der Waals surface area contributed by atoms with Crippen LogP contribution in [-0.2, 0) is 14.3 Å². The molecule has 0 heterocycles. The number of hydrogen-bond donors (Lipinski definition) is 0. The predicted octanol–water partition coefficient (Wildman–Crippen LogP) is 6.42. The topological polar surface area (TPSA) is 35.5 Å². The maximum absolute atomic E-state index is 11.4. The van der Waals surface area contributed by atoms with Crippen molar-refractivity contribution in [3.63, 3.8) is 0 Å². The van der Waals surface area contributed by atoms with Gasteiger partial charge in [0.2, 0.25) is 0 Å². The minimum Gasteiger partial charge on any atom is -0.490 e. The summed E-state index contributed by atoms with van der Waals surface area (Å²) in [6.07, 6.45) is 20.7. The molecule has 0 spiro atoms. The molecule has 0 aromatic rings. The Bertz CT molecular complexity index is 375. The lowest BCUT2D eigenvalue weighted by molar-refractivity contribution is -0.139. The van der Waals surface area contributed by atoms with Gasteiger partial charge < -0.3 is 9.47 Å². The van der Waals surface area contributed by atoms with Gasteiger partial charge >= 0.3 is 5.97 Å². The summed E-state index contributed by atoms with van der Waals surface area (Å²) in [5.41, 5.74) is 0. The molecule has 0 aromatic carbocycles. The smallest absolute Gasteiger partial charge is 0.372 e. The molecule has 2 atom stereocenters. The van der Waals surface area contributed by atoms with Crippen LogP contribution >= 0.6 is 0 Å². The average molecular weight is 353 g/mol. The van der Waals surface area contributed by atoms with E-state index >= 15 is 0 Å². The molecule has 3 heteroatoms. The van der Waals surface area contributed by atoms with Crippen LogP contribution in [-0.4, -0.2) is 20.2 Å². The molecule has 1 aliphatic rings. The van der Waals surface area contributed by atoms with Gasteiger partial charge in [-0.15, -0.1) is 0 Å². The third kappa shape index (κ3) is 9.32. The van der Waals surface area contributed by atoms with Crippen molar-refractivity contribution in [2.24, 2.45) is 11.8 Å². The number of hydrogen-bond acceptors (Lipinski definition) is 3. The first-order valence-corrected chi connectivity index (χ1v) is 10.5. The largest absolute Gasteiger partial charge is 0.490 e. The Morgan fingerprint density at radius 2 is 1.48 bits per heavy atom. The van der Waals surface area contributed by atoms with E-state index in [2.05, 4.69) is 6.92 Å². The number of esters is 1. The lowest BCUT2D eigenvalue weighted by Crippen LogP contribution is -2.08. The lowest BCUT2D eigenvalue weighted by Gasteiger charge is -2.19. The van der Waals surface area contributed by atoms with E-state index in [1.165, 1.54) is 91.3 Å². The number of allylic oxidation sites excluding steroid dienone is 1. The first-order valence-electron chi connectivity index (χ1n) is 10.5. The van der Waals surface area contributed by atoms with Crippen molar-refractivity contribution >= 4 is 5.97 Å². The van der Waals surface area contributed by atoms with E-state index < -0.39 is 0 Å². The van der Waals surface area contributed by atoms with E-state index in [-0.39, 0.29) is 5.97 Å². The van der Waals surface area contributed by atoms with Gasteiger partial charge in [-0.05, 0) is 30.8 Å². The van der Waals surface area contributed by atoms with Gasteiger partial charge in [-0.25, -0.2) is 4.79 Å². The maximum atomic E-state index is 11.4. The zero-order chi connectivity index (χ0) is 18.3. The first kappa shape index (κ1) is 22.1. The van der Waals surface area contributed by atoms with Crippen LogP contribution < -0.4 is 0 Å². The number of rotatable bonds is 14. The molecule has 1 aliphatic carbocycles. The van der Waals surface area contributed by atoms with Gasteiger partial charge in [-0.1, -0.05) is 84.0 Å². The predicted molar refractivity (Wildman–Crippen MR) is 104 cm³/mol. The molecule has 0 aliphatic heterocycles. The number of carbonyl (C=O) groups is 1. The summed E-state index contributed by atoms with van der Waals surface area (Å²) < 4.78 is 9.76. The fraction of sp³-hybridized carbons (Fsp3) is 0.864. The first-order chi connectivity index (χ1) is 12.2. The third-order valence-electron chi connectivity index (χ3n) is 5.71. The summed E-state index contributed by atoms with van der Waals surface area (Å²) in [6.45, 7) is 2.28. The van der Waals surface area contributed by atoms with Crippen LogP contribution in [0.2, 0.25) is 0 Å². The Morgan fingerprint density at radius 3 is 2.08 bits per heavy atom. The highest BCUT2D eigenvalue weighted by Gasteiger charge is 2.25. The molecule has 1 fully saturated rings. The summed E-state index contributed by atoms with van der Waals surface area (Å²) in [5, 5.41) is 0. The van der Waals surface area contributed by atoms with Crippen LogP contribution in [0.4, 0.5) is 0 Å². The van der Waals surface area contributed by atoms with E-state index in [4.69, 9.17) is 9.47 Å². The molecule has 25 heavy (non-hydrogen) atoms. The molecular formula is C22H40O3. The summed E-state index contributed by atoms with van der Waals surface area (Å²) >= 11 is 0. The van der Waals surface area contributed by atoms with Crippen molar-refractivity contribution in [1.82, 2.24) is 0 Å². The van der Waals surface area contributed by atoms with Crippen molar-refractivity contribution in [2.45, 2.75) is 96.8 Å². The van der Waals surface area contributed by atoms with Crippen LogP contribution in [0, 0.1) is 11.8 Å². The molecule has 1 saturated carbocycles. The van der Waals surface area contributed by atoms with Crippen molar-refractivity contribution in [3.8, 4) is 0 Å². The molecule has 0 N–H and O–H groups in total. The zero-order valence-corrected chi connectivity index (χ0v) is 16.9. The maximum Gasteiger partial charge on any atom is 0.372 e. The Balaban J connectivity index is 2.14. The molecule has 3 nitrogen and oxygen atoms in total. The fourth-order valence-electron chi connectivity index (χ4n) is 4.20. The third-order valence-corrected chi connectivity index (χ3v) is 5.71. The van der Waals surface area contributed by atoms with Crippen molar-refractivity contribution in [3.05, 3.63) is 11.8 Å². The van der Waals surface area contributed by atoms with E-state index in [0.29, 0.717) is 5.76 Å². The van der Waals surface area contributed by atoms with E-state index in [1.54, 1.807) is 0 Å². The number of methoxy groups -OCH3 is 2. The summed E-state index contributed by atoms with van der Waals surface area (Å²) in [7, 11) is 2.91. The second-order valence-corrected chi connectivity index (χ2v) is 7.56. The summed E-state index contributed by atoms with van der Waals surface area (Å²) in [5.74, 6) is 1.88. The Hall–Kier alpha value is -0.990. The number of unbranched alkanes of at least 4 members (excludes halogenated alkanes) is 7. The molecule has 0 radical (unpaired) electrons. The number of carbonyl (C=O) groups excluding carboxylic acids is 1. The Morgan fingerprint density at radius 1 is 0.880 bits per heavy atom. The van der Waals surface area contributed by atoms with Crippen molar-refractivity contribution in [2.75, 3.05) is 14.2 Å². The Kier molecular flexibility index (Phi) is 12.5. The van der Waals surface area contributed by atoms with Crippen LogP contribution in [0.3, 0.4) is 0 Å². The molecule has 0 bridgehead atoms. The molecule has 146 valence electrons. The van der Waals surface area contributed by atoms with Crippen LogP contribution in [0.25, 0.3) is 0 Å². The molecule has 0 saturated heterocycles. The van der Waals surface area contributed by atoms with Gasteiger partial charge in [0.25, 0.3) is 0 Å². The number of ether oxygens (including phenoxy) is 2. The molecule has 0 unspecified atom stereocenters. The molecule has 0 amide bonds. The van der Waals surface area contributed by atoms with Gasteiger partial charge in [0.15, 0.2) is 5.76 Å². The normalized spacial score (nSPS) is 20.7. The quantitative estimate of drug-likeness (QED) is 0.157. The van der Waals surface area contributed by atoms with Gasteiger partial charge in [0, 0.05) is 0 Å². The standard InChI is InChI=1S/C22H40O3/c1-4-5-6-7-8-10-14-19-16-13-17-20(19)15-11-9-12-18-21(24-2)22(23)25-3/h18-20H,4-17H2,1-3H3/t19-,20+/m1/s1. The monoisotopic (exact) mass is 352 g/mol. The van der Waals surface area contributed by atoms with Crippen LogP contribution in [0.1, 0.15) is 96.8 Å². The molecule has 1 rings (SSSR count). The highest BCUT2D eigenvalue weighted by atomic mass is 16.6. The van der Waals surface area contributed by atoms with E-state index in [9.17, 15) is 4.79 Å². The second kappa shape index (κ2) is 14.2. The summed E-state index contributed by atoms with van der Waals surface area (Å²) in [6, 6.07) is 0. The van der Waals surface area contributed by atoms with Crippen molar-refractivity contribution < 1.29 is 14.3 Å².